The van der Waals surface area contributed by atoms with E-state index >= 15 is 0 Å². The van der Waals surface area contributed by atoms with Crippen molar-refractivity contribution in [3.8, 4) is 5.75 Å². The number of nitrogens with zero attached hydrogens (tertiary/aromatic N) is 2. The molecule has 0 radical (unpaired) electrons. The predicted molar refractivity (Wildman–Crippen MR) is 99.7 cm³/mol. The van der Waals surface area contributed by atoms with Crippen LogP contribution in [0.3, 0.4) is 0 Å². The van der Waals surface area contributed by atoms with Crippen molar-refractivity contribution in [1.29, 1.82) is 0 Å². The highest BCUT2D eigenvalue weighted by Gasteiger charge is 2.20. The third-order valence-corrected chi connectivity index (χ3v) is 4.87. The summed E-state index contributed by atoms with van der Waals surface area (Å²) in [6.07, 6.45) is 1.48. The standard InChI is InChI=1S/C18H20N2O6S/c1-19(9-6-10-26-16-7-4-3-5-8-16)18(21)14-11-15(20(22)23)13-17(12-14)27(2,24)25/h3-5,7-8,11-13H,6,9-10H2,1-2H3. The Kier molecular flexibility index (Phi) is 6.51. The molecule has 2 aromatic carbocycles. The van der Waals surface area contributed by atoms with Crippen LogP contribution in [-0.2, 0) is 9.84 Å². The second kappa shape index (κ2) is 8.63. The highest BCUT2D eigenvalue weighted by molar-refractivity contribution is 7.90. The van der Waals surface area contributed by atoms with Crippen molar-refractivity contribution in [2.45, 2.75) is 11.3 Å². The number of non-ortho nitro benzene ring substituents is 1. The second-order valence-electron chi connectivity index (χ2n) is 5.99. The van der Waals surface area contributed by atoms with E-state index < -0.39 is 26.4 Å². The molecular weight excluding hydrogens is 372 g/mol. The number of hydrogen-bond donors (Lipinski definition) is 0. The van der Waals surface area contributed by atoms with Crippen LogP contribution in [0.1, 0.15) is 16.8 Å². The molecule has 9 heteroatoms. The highest BCUT2D eigenvalue weighted by atomic mass is 32.2. The number of sulfone groups is 1. The molecule has 0 N–H and O–H groups in total. The molecule has 2 rings (SSSR count). The van der Waals surface area contributed by atoms with E-state index in [4.69, 9.17) is 4.74 Å². The van der Waals surface area contributed by atoms with Gasteiger partial charge in [-0.2, -0.15) is 0 Å². The first kappa shape index (κ1) is 20.4. The molecule has 1 amide bonds. The van der Waals surface area contributed by atoms with Crippen molar-refractivity contribution < 1.29 is 22.9 Å². The second-order valence-corrected chi connectivity index (χ2v) is 8.00. The predicted octanol–water partition coefficient (Wildman–Crippen LogP) is 2.54. The Morgan fingerprint density at radius 3 is 2.44 bits per heavy atom. The molecule has 0 aromatic heterocycles. The number of para-hydroxylation sites is 1. The lowest BCUT2D eigenvalue weighted by Gasteiger charge is -2.17. The lowest BCUT2D eigenvalue weighted by atomic mass is 10.1. The van der Waals surface area contributed by atoms with Gasteiger partial charge in [-0.25, -0.2) is 8.42 Å². The number of benzene rings is 2. The molecule has 0 aliphatic carbocycles. The largest absolute Gasteiger partial charge is 0.494 e. The van der Waals surface area contributed by atoms with Crippen LogP contribution in [-0.4, -0.2) is 50.6 Å². The van der Waals surface area contributed by atoms with Gasteiger partial charge in [0.25, 0.3) is 11.6 Å². The molecule has 0 bridgehead atoms. The Hall–Kier alpha value is -2.94. The molecule has 0 heterocycles. The molecule has 0 aliphatic rings. The minimum atomic E-state index is -3.69. The van der Waals surface area contributed by atoms with Gasteiger partial charge in [-0.05, 0) is 24.6 Å². The summed E-state index contributed by atoms with van der Waals surface area (Å²) < 4.78 is 29.0. The van der Waals surface area contributed by atoms with Crippen LogP contribution in [0.25, 0.3) is 0 Å². The summed E-state index contributed by atoms with van der Waals surface area (Å²) in [4.78, 5) is 24.0. The zero-order chi connectivity index (χ0) is 20.0. The van der Waals surface area contributed by atoms with Crippen LogP contribution in [0.2, 0.25) is 0 Å². The fourth-order valence-electron chi connectivity index (χ4n) is 2.36. The first-order valence-corrected chi connectivity index (χ1v) is 10.0. The Labute approximate surface area is 157 Å². The van der Waals surface area contributed by atoms with Crippen molar-refractivity contribution in [3.05, 3.63) is 64.2 Å². The maximum atomic E-state index is 12.5. The summed E-state index contributed by atoms with van der Waals surface area (Å²) in [6, 6.07) is 12.4. The van der Waals surface area contributed by atoms with Gasteiger partial charge >= 0.3 is 0 Å². The van der Waals surface area contributed by atoms with E-state index in [-0.39, 0.29) is 10.5 Å². The van der Waals surface area contributed by atoms with Gasteiger partial charge in [0, 0.05) is 37.5 Å². The van der Waals surface area contributed by atoms with Crippen LogP contribution >= 0.6 is 0 Å². The van der Waals surface area contributed by atoms with Crippen LogP contribution in [0.15, 0.2) is 53.4 Å². The summed E-state index contributed by atoms with van der Waals surface area (Å²) in [7, 11) is -2.14. The van der Waals surface area contributed by atoms with E-state index in [1.54, 1.807) is 7.05 Å². The van der Waals surface area contributed by atoms with Crippen molar-refractivity contribution in [1.82, 2.24) is 4.90 Å². The molecule has 0 saturated carbocycles. The zero-order valence-electron chi connectivity index (χ0n) is 15.0. The van der Waals surface area contributed by atoms with Crippen molar-refractivity contribution in [2.24, 2.45) is 0 Å². The fourth-order valence-corrected chi connectivity index (χ4v) is 3.03. The maximum absolute atomic E-state index is 12.5. The first-order valence-electron chi connectivity index (χ1n) is 8.11. The molecule has 8 nitrogen and oxygen atoms in total. The van der Waals surface area contributed by atoms with Gasteiger partial charge in [-0.15, -0.1) is 0 Å². The van der Waals surface area contributed by atoms with Crippen LogP contribution in [0.4, 0.5) is 5.69 Å². The SMILES string of the molecule is CN(CCCOc1ccccc1)C(=O)c1cc([N+](=O)[O-])cc(S(C)(=O)=O)c1. The third-order valence-electron chi connectivity index (χ3n) is 3.77. The van der Waals surface area contributed by atoms with E-state index in [0.29, 0.717) is 19.6 Å². The number of hydrogen-bond acceptors (Lipinski definition) is 6. The van der Waals surface area contributed by atoms with E-state index in [0.717, 1.165) is 30.2 Å². The monoisotopic (exact) mass is 392 g/mol. The summed E-state index contributed by atoms with van der Waals surface area (Å²) in [5, 5.41) is 11.0. The quantitative estimate of drug-likeness (QED) is 0.388. The van der Waals surface area contributed by atoms with Gasteiger partial charge in [-0.3, -0.25) is 14.9 Å². The molecule has 144 valence electrons. The van der Waals surface area contributed by atoms with E-state index in [2.05, 4.69) is 0 Å². The Balaban J connectivity index is 2.05. The molecule has 0 atom stereocenters. The maximum Gasteiger partial charge on any atom is 0.271 e. The average molecular weight is 392 g/mol. The van der Waals surface area contributed by atoms with Crippen LogP contribution in [0, 0.1) is 10.1 Å². The van der Waals surface area contributed by atoms with Gasteiger partial charge in [0.05, 0.1) is 16.4 Å². The van der Waals surface area contributed by atoms with E-state index in [1.807, 2.05) is 30.3 Å². The summed E-state index contributed by atoms with van der Waals surface area (Å²) in [5.41, 5.74) is -0.488. The molecule has 0 unspecified atom stereocenters. The molecular formula is C18H20N2O6S. The third kappa shape index (κ3) is 5.78. The summed E-state index contributed by atoms with van der Waals surface area (Å²) in [5.74, 6) is 0.228. The molecule has 0 spiro atoms. The molecule has 27 heavy (non-hydrogen) atoms. The molecule has 0 aliphatic heterocycles. The number of carbonyl (C=O) groups excluding carboxylic acids is 1. The van der Waals surface area contributed by atoms with Crippen LogP contribution < -0.4 is 4.74 Å². The number of amides is 1. The van der Waals surface area contributed by atoms with Gasteiger partial charge in [0.2, 0.25) is 0 Å². The molecule has 0 saturated heterocycles. The summed E-state index contributed by atoms with van der Waals surface area (Å²) >= 11 is 0. The Morgan fingerprint density at radius 1 is 1.19 bits per heavy atom. The van der Waals surface area contributed by atoms with Crippen molar-refractivity contribution in [3.63, 3.8) is 0 Å². The fraction of sp³-hybridized carbons (Fsp3) is 0.278. The van der Waals surface area contributed by atoms with E-state index in [9.17, 15) is 23.3 Å². The zero-order valence-corrected chi connectivity index (χ0v) is 15.8. The average Bonchev–Trinajstić information content (AvgIpc) is 2.64. The number of ether oxygens (including phenoxy) is 1. The van der Waals surface area contributed by atoms with Crippen molar-refractivity contribution in [2.75, 3.05) is 26.5 Å². The number of nitro groups is 1. The minimum absolute atomic E-state index is 0.0453. The topological polar surface area (TPSA) is 107 Å². The van der Waals surface area contributed by atoms with Gasteiger partial charge < -0.3 is 9.64 Å². The van der Waals surface area contributed by atoms with Crippen molar-refractivity contribution >= 4 is 21.4 Å². The lowest BCUT2D eigenvalue weighted by Crippen LogP contribution is -2.29. The molecule has 0 fully saturated rings. The minimum Gasteiger partial charge on any atom is -0.494 e. The number of nitro benzene ring substituents is 1. The molecule has 2 aromatic rings. The van der Waals surface area contributed by atoms with Gasteiger partial charge in [-0.1, -0.05) is 18.2 Å². The summed E-state index contributed by atoms with van der Waals surface area (Å²) in [6.45, 7) is 0.744. The normalized spacial score (nSPS) is 11.0. The lowest BCUT2D eigenvalue weighted by molar-refractivity contribution is -0.385. The Bertz CT molecular complexity index is 928. The van der Waals surface area contributed by atoms with E-state index in [1.165, 1.54) is 4.90 Å². The first-order chi connectivity index (χ1) is 12.7. The number of rotatable bonds is 8. The smallest absolute Gasteiger partial charge is 0.271 e. The van der Waals surface area contributed by atoms with Crippen LogP contribution in [0.5, 0.6) is 5.75 Å². The number of carbonyl (C=O) groups is 1. The highest BCUT2D eigenvalue weighted by Crippen LogP contribution is 2.22. The van der Waals surface area contributed by atoms with Gasteiger partial charge in [0.1, 0.15) is 5.75 Å². The Morgan fingerprint density at radius 2 is 1.85 bits per heavy atom. The van der Waals surface area contributed by atoms with Gasteiger partial charge in [0.15, 0.2) is 9.84 Å².